The van der Waals surface area contributed by atoms with Gasteiger partial charge in [-0.1, -0.05) is 16.4 Å². The summed E-state index contributed by atoms with van der Waals surface area (Å²) in [6.45, 7) is 0. The van der Waals surface area contributed by atoms with E-state index in [0.717, 1.165) is 0 Å². The SMILES string of the molecule is Nc1ccc(O)cc1C(=O)Nc1cccc(-n2[nH]nnc2=S)c1. The lowest BCUT2D eigenvalue weighted by atomic mass is 10.1. The summed E-state index contributed by atoms with van der Waals surface area (Å²) in [6, 6.07) is 11.1. The fourth-order valence-electron chi connectivity index (χ4n) is 2.03. The lowest BCUT2D eigenvalue weighted by Crippen LogP contribution is -2.14. The van der Waals surface area contributed by atoms with E-state index in [1.807, 2.05) is 0 Å². The van der Waals surface area contributed by atoms with Crippen molar-refractivity contribution in [2.45, 2.75) is 0 Å². The third-order valence-electron chi connectivity index (χ3n) is 3.12. The van der Waals surface area contributed by atoms with Crippen LogP contribution in [0.25, 0.3) is 5.69 Å². The Hall–Kier alpha value is -3.20. The van der Waals surface area contributed by atoms with Crippen molar-refractivity contribution in [2.24, 2.45) is 0 Å². The lowest BCUT2D eigenvalue weighted by molar-refractivity contribution is 0.102. The topological polar surface area (TPSA) is 122 Å². The molecule has 1 aromatic heterocycles. The molecule has 0 unspecified atom stereocenters. The van der Waals surface area contributed by atoms with Gasteiger partial charge in [-0.2, -0.15) is 5.21 Å². The summed E-state index contributed by atoms with van der Waals surface area (Å²) in [5.41, 5.74) is 7.43. The molecule has 1 amide bonds. The molecule has 0 saturated carbocycles. The maximum Gasteiger partial charge on any atom is 0.257 e. The maximum absolute atomic E-state index is 12.3. The fourth-order valence-corrected chi connectivity index (χ4v) is 2.21. The highest BCUT2D eigenvalue weighted by atomic mass is 32.1. The van der Waals surface area contributed by atoms with E-state index in [1.54, 1.807) is 24.3 Å². The van der Waals surface area contributed by atoms with Gasteiger partial charge in [0.25, 0.3) is 5.91 Å². The van der Waals surface area contributed by atoms with Crippen molar-refractivity contribution in [3.05, 3.63) is 52.8 Å². The predicted octanol–water partition coefficient (Wildman–Crippen LogP) is 1.86. The average molecular weight is 328 g/mol. The third-order valence-corrected chi connectivity index (χ3v) is 3.38. The smallest absolute Gasteiger partial charge is 0.257 e. The number of aromatic nitrogens is 4. The largest absolute Gasteiger partial charge is 0.508 e. The van der Waals surface area contributed by atoms with Gasteiger partial charge in [0, 0.05) is 11.4 Å². The van der Waals surface area contributed by atoms with Gasteiger partial charge in [0.2, 0.25) is 4.77 Å². The van der Waals surface area contributed by atoms with Crippen LogP contribution in [0, 0.1) is 4.77 Å². The number of carbonyl (C=O) groups excluding carboxylic acids is 1. The van der Waals surface area contributed by atoms with Crippen LogP contribution in [0.2, 0.25) is 0 Å². The second-order valence-corrected chi connectivity index (χ2v) is 5.06. The summed E-state index contributed by atoms with van der Waals surface area (Å²) in [5.74, 6) is -0.463. The molecule has 0 spiro atoms. The highest BCUT2D eigenvalue weighted by Crippen LogP contribution is 2.21. The number of nitrogens with zero attached hydrogens (tertiary/aromatic N) is 3. The van der Waals surface area contributed by atoms with Gasteiger partial charge in [-0.05, 0) is 48.6 Å². The lowest BCUT2D eigenvalue weighted by Gasteiger charge is -2.09. The van der Waals surface area contributed by atoms with Crippen LogP contribution < -0.4 is 11.1 Å². The molecule has 0 fully saturated rings. The molecular formula is C14H12N6O2S. The Morgan fingerprint density at radius 2 is 2.13 bits per heavy atom. The van der Waals surface area contributed by atoms with Gasteiger partial charge in [-0.3, -0.25) is 4.79 Å². The van der Waals surface area contributed by atoms with E-state index in [1.165, 1.54) is 22.9 Å². The Morgan fingerprint density at radius 3 is 2.87 bits per heavy atom. The number of hydrogen-bond acceptors (Lipinski definition) is 6. The number of nitrogen functional groups attached to an aromatic ring is 1. The van der Waals surface area contributed by atoms with Gasteiger partial charge in [0.15, 0.2) is 0 Å². The molecule has 9 heteroatoms. The molecule has 23 heavy (non-hydrogen) atoms. The van der Waals surface area contributed by atoms with Crippen LogP contribution >= 0.6 is 12.2 Å². The highest BCUT2D eigenvalue weighted by Gasteiger charge is 2.11. The standard InChI is InChI=1S/C14H12N6O2S/c15-12-5-4-10(21)7-11(12)13(22)16-8-2-1-3-9(6-8)20-14(23)17-18-19-20/h1-7,21H,15H2,(H,16,22)(H,17,19,23). The quantitative estimate of drug-likeness (QED) is 0.331. The summed E-state index contributed by atoms with van der Waals surface area (Å²) >= 11 is 5.03. The van der Waals surface area contributed by atoms with E-state index in [4.69, 9.17) is 18.0 Å². The molecule has 0 atom stereocenters. The van der Waals surface area contributed by atoms with Crippen molar-refractivity contribution in [3.63, 3.8) is 0 Å². The number of hydrogen-bond donors (Lipinski definition) is 4. The van der Waals surface area contributed by atoms with Crippen molar-refractivity contribution in [3.8, 4) is 11.4 Å². The molecule has 2 aromatic carbocycles. The molecule has 5 N–H and O–H groups in total. The normalized spacial score (nSPS) is 10.4. The molecular weight excluding hydrogens is 316 g/mol. The van der Waals surface area contributed by atoms with Crippen molar-refractivity contribution in [2.75, 3.05) is 11.1 Å². The Labute approximate surface area is 135 Å². The first-order chi connectivity index (χ1) is 11.0. The van der Waals surface area contributed by atoms with E-state index in [2.05, 4.69) is 20.8 Å². The second kappa shape index (κ2) is 5.89. The van der Waals surface area contributed by atoms with Crippen LogP contribution in [0.5, 0.6) is 5.75 Å². The fraction of sp³-hybridized carbons (Fsp3) is 0. The average Bonchev–Trinajstić information content (AvgIpc) is 2.96. The van der Waals surface area contributed by atoms with Crippen LogP contribution in [0.15, 0.2) is 42.5 Å². The summed E-state index contributed by atoms with van der Waals surface area (Å²) in [7, 11) is 0. The van der Waals surface area contributed by atoms with Crippen molar-refractivity contribution in [1.29, 1.82) is 0 Å². The number of nitrogens with two attached hydrogens (primary N) is 1. The molecule has 3 rings (SSSR count). The number of phenols is 1. The third kappa shape index (κ3) is 3.04. The Morgan fingerprint density at radius 1 is 1.30 bits per heavy atom. The highest BCUT2D eigenvalue weighted by molar-refractivity contribution is 7.71. The van der Waals surface area contributed by atoms with Crippen LogP contribution in [-0.2, 0) is 0 Å². The van der Waals surface area contributed by atoms with Crippen molar-refractivity contribution >= 4 is 29.5 Å². The number of rotatable bonds is 3. The summed E-state index contributed by atoms with van der Waals surface area (Å²) in [6.07, 6.45) is 0. The summed E-state index contributed by atoms with van der Waals surface area (Å²) in [4.78, 5) is 12.3. The first-order valence-electron chi connectivity index (χ1n) is 6.55. The number of amides is 1. The van der Waals surface area contributed by atoms with Gasteiger partial charge < -0.3 is 16.2 Å². The van der Waals surface area contributed by atoms with E-state index < -0.39 is 5.91 Å². The minimum absolute atomic E-state index is 0.0343. The monoisotopic (exact) mass is 328 g/mol. The Balaban J connectivity index is 1.89. The number of aromatic hydroxyl groups is 1. The van der Waals surface area contributed by atoms with Crippen LogP contribution in [0.1, 0.15) is 10.4 Å². The van der Waals surface area contributed by atoms with E-state index in [-0.39, 0.29) is 21.8 Å². The van der Waals surface area contributed by atoms with Crippen molar-refractivity contribution < 1.29 is 9.90 Å². The molecule has 3 aromatic rings. The van der Waals surface area contributed by atoms with Gasteiger partial charge in [0.05, 0.1) is 11.3 Å². The van der Waals surface area contributed by atoms with Gasteiger partial charge in [-0.15, -0.1) is 0 Å². The molecule has 0 saturated heterocycles. The molecule has 1 heterocycles. The van der Waals surface area contributed by atoms with Crippen LogP contribution in [-0.4, -0.2) is 31.2 Å². The molecule has 116 valence electrons. The van der Waals surface area contributed by atoms with Gasteiger partial charge >= 0.3 is 0 Å². The number of benzene rings is 2. The maximum atomic E-state index is 12.3. The number of anilines is 2. The minimum atomic E-state index is -0.429. The molecule has 0 radical (unpaired) electrons. The Bertz CT molecular complexity index is 933. The van der Waals surface area contributed by atoms with Crippen LogP contribution in [0.3, 0.4) is 0 Å². The zero-order valence-corrected chi connectivity index (χ0v) is 12.5. The number of H-pyrrole nitrogens is 1. The van der Waals surface area contributed by atoms with Gasteiger partial charge in [-0.25, -0.2) is 4.68 Å². The molecule has 8 nitrogen and oxygen atoms in total. The minimum Gasteiger partial charge on any atom is -0.508 e. The molecule has 0 aliphatic rings. The van der Waals surface area contributed by atoms with Crippen molar-refractivity contribution in [1.82, 2.24) is 20.2 Å². The molecule has 0 aliphatic carbocycles. The summed E-state index contributed by atoms with van der Waals surface area (Å²) in [5, 5.41) is 22.1. The number of nitrogens with one attached hydrogen (secondary N) is 2. The first-order valence-corrected chi connectivity index (χ1v) is 6.96. The number of phenolic OH excluding ortho intramolecular Hbond substituents is 1. The zero-order chi connectivity index (χ0) is 16.4. The molecule has 0 bridgehead atoms. The summed E-state index contributed by atoms with van der Waals surface area (Å²) < 4.78 is 1.76. The first kappa shape index (κ1) is 14.7. The number of tetrazole rings is 1. The second-order valence-electron chi connectivity index (χ2n) is 4.69. The molecule has 0 aliphatic heterocycles. The van der Waals surface area contributed by atoms with Gasteiger partial charge in [0.1, 0.15) is 5.75 Å². The Kier molecular flexibility index (Phi) is 3.77. The van der Waals surface area contributed by atoms with E-state index >= 15 is 0 Å². The number of aromatic amines is 1. The van der Waals surface area contributed by atoms with E-state index in [9.17, 15) is 9.90 Å². The predicted molar refractivity (Wildman–Crippen MR) is 87.0 cm³/mol. The van der Waals surface area contributed by atoms with E-state index in [0.29, 0.717) is 11.4 Å². The number of carbonyl (C=O) groups is 1. The van der Waals surface area contributed by atoms with Crippen LogP contribution in [0.4, 0.5) is 11.4 Å². The zero-order valence-electron chi connectivity index (χ0n) is 11.7.